The molecule has 0 atom stereocenters. The maximum atomic E-state index is 12.4. The van der Waals surface area contributed by atoms with Crippen LogP contribution in [0.15, 0.2) is 43.0 Å². The van der Waals surface area contributed by atoms with Crippen molar-refractivity contribution in [3.63, 3.8) is 0 Å². The first-order valence-electron chi connectivity index (χ1n) is 7.44. The molecule has 124 valence electrons. The van der Waals surface area contributed by atoms with Crippen molar-refractivity contribution in [2.45, 2.75) is 6.54 Å². The van der Waals surface area contributed by atoms with Crippen LogP contribution in [-0.2, 0) is 6.54 Å². The Hall–Kier alpha value is -3.07. The summed E-state index contributed by atoms with van der Waals surface area (Å²) in [5, 5.41) is 18.1. The fourth-order valence-electron chi connectivity index (χ4n) is 2.13. The van der Waals surface area contributed by atoms with Gasteiger partial charge in [0, 0.05) is 18.3 Å². The molecule has 0 aliphatic carbocycles. The van der Waals surface area contributed by atoms with Crippen LogP contribution in [0.4, 0.5) is 5.69 Å². The zero-order chi connectivity index (χ0) is 16.9. The van der Waals surface area contributed by atoms with E-state index >= 15 is 0 Å². The zero-order valence-electron chi connectivity index (χ0n) is 13.5. The highest BCUT2D eigenvalue weighted by atomic mass is 16.1. The smallest absolute Gasteiger partial charge is 0.255 e. The van der Waals surface area contributed by atoms with Gasteiger partial charge >= 0.3 is 0 Å². The molecular formula is C15H18N8O. The molecule has 0 aliphatic heterocycles. The zero-order valence-corrected chi connectivity index (χ0v) is 13.5. The van der Waals surface area contributed by atoms with E-state index in [0.29, 0.717) is 16.9 Å². The van der Waals surface area contributed by atoms with E-state index in [4.69, 9.17) is 0 Å². The molecule has 3 aromatic rings. The number of benzene rings is 1. The summed E-state index contributed by atoms with van der Waals surface area (Å²) >= 11 is 0. The van der Waals surface area contributed by atoms with Crippen LogP contribution in [0, 0.1) is 0 Å². The summed E-state index contributed by atoms with van der Waals surface area (Å²) in [4.78, 5) is 14.5. The highest BCUT2D eigenvalue weighted by Crippen LogP contribution is 2.12. The van der Waals surface area contributed by atoms with Crippen LogP contribution < -0.4 is 5.32 Å². The summed E-state index contributed by atoms with van der Waals surface area (Å²) in [6, 6.07) is 7.07. The second-order valence-corrected chi connectivity index (χ2v) is 5.55. The third kappa shape index (κ3) is 3.82. The first-order valence-corrected chi connectivity index (χ1v) is 7.44. The summed E-state index contributed by atoms with van der Waals surface area (Å²) in [6.07, 6.45) is 4.93. The number of hydrogen-bond acceptors (Lipinski definition) is 6. The number of nitrogens with one attached hydrogen (secondary N) is 1. The van der Waals surface area contributed by atoms with Crippen molar-refractivity contribution in [1.82, 2.24) is 34.9 Å². The van der Waals surface area contributed by atoms with E-state index in [9.17, 15) is 4.79 Å². The predicted molar refractivity (Wildman–Crippen MR) is 87.9 cm³/mol. The van der Waals surface area contributed by atoms with Gasteiger partial charge in [0.2, 0.25) is 0 Å². The number of amides is 1. The Bertz CT molecular complexity index is 809. The van der Waals surface area contributed by atoms with Gasteiger partial charge in [-0.25, -0.2) is 4.68 Å². The van der Waals surface area contributed by atoms with E-state index < -0.39 is 0 Å². The van der Waals surface area contributed by atoms with Crippen molar-refractivity contribution in [2.24, 2.45) is 0 Å². The second-order valence-electron chi connectivity index (χ2n) is 5.55. The number of hydrogen-bond donors (Lipinski definition) is 1. The van der Waals surface area contributed by atoms with Crippen molar-refractivity contribution < 1.29 is 4.79 Å². The number of rotatable bonds is 6. The number of carbonyl (C=O) groups is 1. The normalized spacial score (nSPS) is 11.0. The number of likely N-dealkylation sites (N-methyl/N-ethyl adjacent to an activating group) is 1. The Balaban J connectivity index is 1.68. The highest BCUT2D eigenvalue weighted by Gasteiger charge is 2.09. The SMILES string of the molecule is CN(C)CCn1cc(NC(=O)c2cccc(-n3cnnn3)c2)cn1. The number of tetrazole rings is 1. The molecule has 1 N–H and O–H groups in total. The van der Waals surface area contributed by atoms with Crippen LogP contribution in [0.3, 0.4) is 0 Å². The predicted octanol–water partition coefficient (Wildman–Crippen LogP) is 0.673. The summed E-state index contributed by atoms with van der Waals surface area (Å²) in [5.74, 6) is -0.211. The summed E-state index contributed by atoms with van der Waals surface area (Å²) in [5.41, 5.74) is 1.89. The molecular weight excluding hydrogens is 308 g/mol. The van der Waals surface area contributed by atoms with Crippen LogP contribution in [0.25, 0.3) is 5.69 Å². The number of nitrogens with zero attached hydrogens (tertiary/aromatic N) is 7. The lowest BCUT2D eigenvalue weighted by Gasteiger charge is -2.08. The van der Waals surface area contributed by atoms with Gasteiger partial charge in [-0.05, 0) is 42.7 Å². The molecule has 0 fully saturated rings. The monoisotopic (exact) mass is 326 g/mol. The summed E-state index contributed by atoms with van der Waals surface area (Å²) < 4.78 is 3.29. The lowest BCUT2D eigenvalue weighted by atomic mass is 10.2. The molecule has 1 amide bonds. The van der Waals surface area contributed by atoms with Crippen LogP contribution >= 0.6 is 0 Å². The van der Waals surface area contributed by atoms with Crippen molar-refractivity contribution in [3.8, 4) is 5.69 Å². The third-order valence-corrected chi connectivity index (χ3v) is 3.39. The fourth-order valence-corrected chi connectivity index (χ4v) is 2.13. The fraction of sp³-hybridized carbons (Fsp3) is 0.267. The van der Waals surface area contributed by atoms with E-state index in [1.165, 1.54) is 11.0 Å². The van der Waals surface area contributed by atoms with Crippen LogP contribution in [0.5, 0.6) is 0 Å². The first kappa shape index (κ1) is 15.8. The Kier molecular flexibility index (Phi) is 4.62. The Morgan fingerprint density at radius 1 is 1.33 bits per heavy atom. The third-order valence-electron chi connectivity index (χ3n) is 3.39. The quantitative estimate of drug-likeness (QED) is 0.716. The molecule has 9 nitrogen and oxygen atoms in total. The average molecular weight is 326 g/mol. The van der Waals surface area contributed by atoms with Gasteiger partial charge in [-0.2, -0.15) is 5.10 Å². The van der Waals surface area contributed by atoms with Crippen molar-refractivity contribution >= 4 is 11.6 Å². The van der Waals surface area contributed by atoms with Gasteiger partial charge in [-0.15, -0.1) is 5.10 Å². The van der Waals surface area contributed by atoms with Crippen molar-refractivity contribution in [3.05, 3.63) is 48.5 Å². The minimum Gasteiger partial charge on any atom is -0.319 e. The molecule has 24 heavy (non-hydrogen) atoms. The van der Waals surface area contributed by atoms with Gasteiger partial charge in [0.05, 0.1) is 24.1 Å². The summed E-state index contributed by atoms with van der Waals surface area (Å²) in [6.45, 7) is 1.64. The van der Waals surface area contributed by atoms with Gasteiger partial charge < -0.3 is 10.2 Å². The molecule has 2 heterocycles. The van der Waals surface area contributed by atoms with E-state index in [2.05, 4.69) is 30.8 Å². The number of carbonyl (C=O) groups excluding carboxylic acids is 1. The number of aromatic nitrogens is 6. The molecule has 0 saturated heterocycles. The minimum atomic E-state index is -0.211. The Morgan fingerprint density at radius 2 is 2.21 bits per heavy atom. The van der Waals surface area contributed by atoms with Gasteiger partial charge in [0.15, 0.2) is 0 Å². The van der Waals surface area contributed by atoms with Gasteiger partial charge in [-0.1, -0.05) is 6.07 Å². The Labute approximate surface area is 138 Å². The van der Waals surface area contributed by atoms with Gasteiger partial charge in [0.25, 0.3) is 5.91 Å². The lowest BCUT2D eigenvalue weighted by molar-refractivity contribution is 0.102. The van der Waals surface area contributed by atoms with E-state index in [1.54, 1.807) is 29.1 Å². The molecule has 0 unspecified atom stereocenters. The molecule has 0 saturated carbocycles. The average Bonchev–Trinajstić information content (AvgIpc) is 3.25. The first-order chi connectivity index (χ1) is 11.6. The lowest BCUT2D eigenvalue weighted by Crippen LogP contribution is -2.18. The highest BCUT2D eigenvalue weighted by molar-refractivity contribution is 6.04. The van der Waals surface area contributed by atoms with E-state index in [0.717, 1.165) is 13.1 Å². The topological polar surface area (TPSA) is 93.8 Å². The summed E-state index contributed by atoms with van der Waals surface area (Å²) in [7, 11) is 4.01. The maximum absolute atomic E-state index is 12.4. The van der Waals surface area contributed by atoms with Crippen molar-refractivity contribution in [2.75, 3.05) is 26.0 Å². The molecule has 9 heteroatoms. The molecule has 0 aliphatic rings. The molecule has 3 rings (SSSR count). The minimum absolute atomic E-state index is 0.211. The van der Waals surface area contributed by atoms with E-state index in [-0.39, 0.29) is 5.91 Å². The standard InChI is InChI=1S/C15H18N8O/c1-21(2)6-7-22-10-13(9-17-22)18-15(24)12-4-3-5-14(8-12)23-11-16-19-20-23/h3-5,8-11H,6-7H2,1-2H3,(H,18,24). The second kappa shape index (κ2) is 7.01. The molecule has 0 radical (unpaired) electrons. The molecule has 2 aromatic heterocycles. The van der Waals surface area contributed by atoms with Crippen LogP contribution in [0.2, 0.25) is 0 Å². The maximum Gasteiger partial charge on any atom is 0.255 e. The molecule has 0 bridgehead atoms. The van der Waals surface area contributed by atoms with E-state index in [1.807, 2.05) is 26.4 Å². The van der Waals surface area contributed by atoms with Crippen LogP contribution in [-0.4, -0.2) is 61.4 Å². The molecule has 0 spiro atoms. The number of anilines is 1. The largest absolute Gasteiger partial charge is 0.319 e. The molecule has 1 aromatic carbocycles. The Morgan fingerprint density at radius 3 is 2.96 bits per heavy atom. The van der Waals surface area contributed by atoms with Crippen molar-refractivity contribution in [1.29, 1.82) is 0 Å². The van der Waals surface area contributed by atoms with Crippen LogP contribution in [0.1, 0.15) is 10.4 Å². The van der Waals surface area contributed by atoms with Gasteiger partial charge in [-0.3, -0.25) is 9.48 Å². The van der Waals surface area contributed by atoms with Gasteiger partial charge in [0.1, 0.15) is 6.33 Å².